The van der Waals surface area contributed by atoms with Crippen LogP contribution in [0.25, 0.3) is 11.3 Å². The Balaban J connectivity index is 1.59. The Labute approximate surface area is 160 Å². The zero-order valence-corrected chi connectivity index (χ0v) is 15.2. The van der Waals surface area contributed by atoms with Crippen LogP contribution in [0, 0.1) is 18.3 Å². The van der Waals surface area contributed by atoms with Gasteiger partial charge in [-0.05, 0) is 37.3 Å². The summed E-state index contributed by atoms with van der Waals surface area (Å²) in [6.45, 7) is 1.51. The Morgan fingerprint density at radius 3 is 2.78 bits per heavy atom. The van der Waals surface area contributed by atoms with Crippen LogP contribution in [-0.4, -0.2) is 23.5 Å². The van der Waals surface area contributed by atoms with Crippen LogP contribution in [0.5, 0.6) is 0 Å². The van der Waals surface area contributed by atoms with Crippen molar-refractivity contribution in [2.45, 2.75) is 6.92 Å². The molecule has 7 heteroatoms. The largest absolute Gasteiger partial charge is 0.452 e. The molecule has 2 aromatic carbocycles. The highest BCUT2D eigenvalue weighted by atomic mass is 32.1. The average Bonchev–Trinajstić information content (AvgIpc) is 3.13. The van der Waals surface area contributed by atoms with Crippen LogP contribution in [0.1, 0.15) is 20.9 Å². The predicted octanol–water partition coefficient (Wildman–Crippen LogP) is 3.79. The second-order valence-electron chi connectivity index (χ2n) is 5.65. The summed E-state index contributed by atoms with van der Waals surface area (Å²) < 4.78 is 5.01. The second kappa shape index (κ2) is 8.25. The molecule has 0 unspecified atom stereocenters. The molecule has 0 bridgehead atoms. The molecule has 6 nitrogen and oxygen atoms in total. The Morgan fingerprint density at radius 2 is 2.04 bits per heavy atom. The lowest BCUT2D eigenvalue weighted by atomic mass is 10.1. The zero-order chi connectivity index (χ0) is 19.2. The van der Waals surface area contributed by atoms with Gasteiger partial charge in [-0.1, -0.05) is 18.2 Å². The van der Waals surface area contributed by atoms with Crippen LogP contribution >= 0.6 is 11.3 Å². The number of nitrogens with zero attached hydrogens (tertiary/aromatic N) is 2. The van der Waals surface area contributed by atoms with E-state index in [0.717, 1.165) is 16.3 Å². The maximum absolute atomic E-state index is 12.1. The quantitative estimate of drug-likeness (QED) is 0.683. The number of hydrogen-bond donors (Lipinski definition) is 1. The minimum Gasteiger partial charge on any atom is -0.452 e. The van der Waals surface area contributed by atoms with Crippen LogP contribution in [0.2, 0.25) is 0 Å². The number of ether oxygens (including phenoxy) is 1. The Kier molecular flexibility index (Phi) is 5.59. The number of hydrogen-bond acceptors (Lipinski definition) is 6. The first-order valence-corrected chi connectivity index (χ1v) is 8.93. The van der Waals surface area contributed by atoms with Crippen molar-refractivity contribution >= 4 is 28.9 Å². The number of benzene rings is 2. The zero-order valence-electron chi connectivity index (χ0n) is 14.4. The molecule has 0 atom stereocenters. The van der Waals surface area contributed by atoms with Crippen molar-refractivity contribution in [1.82, 2.24) is 4.98 Å². The molecule has 27 heavy (non-hydrogen) atoms. The summed E-state index contributed by atoms with van der Waals surface area (Å²) >= 11 is 1.55. The SMILES string of the molecule is Cc1nc(-c2cccc(NC(=O)COC(=O)c3cccc(C#N)c3)c2)cs1. The summed E-state index contributed by atoms with van der Waals surface area (Å²) in [7, 11) is 0. The summed E-state index contributed by atoms with van der Waals surface area (Å²) in [5, 5.41) is 14.5. The summed E-state index contributed by atoms with van der Waals surface area (Å²) in [4.78, 5) is 28.5. The van der Waals surface area contributed by atoms with Crippen LogP contribution in [0.4, 0.5) is 5.69 Å². The van der Waals surface area contributed by atoms with Crippen molar-refractivity contribution in [2.24, 2.45) is 0 Å². The van der Waals surface area contributed by atoms with Gasteiger partial charge in [-0.3, -0.25) is 4.79 Å². The van der Waals surface area contributed by atoms with E-state index >= 15 is 0 Å². The van der Waals surface area contributed by atoms with E-state index in [1.165, 1.54) is 12.1 Å². The Morgan fingerprint density at radius 1 is 1.22 bits per heavy atom. The van der Waals surface area contributed by atoms with E-state index in [-0.39, 0.29) is 5.56 Å². The number of thiazole rings is 1. The van der Waals surface area contributed by atoms with Gasteiger partial charge in [-0.25, -0.2) is 9.78 Å². The van der Waals surface area contributed by atoms with Gasteiger partial charge in [-0.2, -0.15) is 5.26 Å². The molecule has 0 saturated carbocycles. The standard InChI is InChI=1S/C20H15N3O3S/c1-13-22-18(12-27-13)15-5-3-7-17(9-15)23-19(24)11-26-20(25)16-6-2-4-14(8-16)10-21/h2-9,12H,11H2,1H3,(H,23,24). The highest BCUT2D eigenvalue weighted by Gasteiger charge is 2.11. The molecule has 1 aromatic heterocycles. The van der Waals surface area contributed by atoms with Crippen molar-refractivity contribution in [3.05, 3.63) is 70.0 Å². The van der Waals surface area contributed by atoms with Crippen LogP contribution in [0.3, 0.4) is 0 Å². The highest BCUT2D eigenvalue weighted by Crippen LogP contribution is 2.24. The number of anilines is 1. The molecule has 3 aromatic rings. The third kappa shape index (κ3) is 4.77. The highest BCUT2D eigenvalue weighted by molar-refractivity contribution is 7.09. The van der Waals surface area contributed by atoms with E-state index in [4.69, 9.17) is 10.00 Å². The Hall–Kier alpha value is -3.50. The fourth-order valence-electron chi connectivity index (χ4n) is 2.38. The minimum absolute atomic E-state index is 0.225. The van der Waals surface area contributed by atoms with Crippen molar-refractivity contribution in [3.63, 3.8) is 0 Å². The molecule has 1 N–H and O–H groups in total. The van der Waals surface area contributed by atoms with Gasteiger partial charge in [0.15, 0.2) is 6.61 Å². The van der Waals surface area contributed by atoms with Gasteiger partial charge in [0.05, 0.1) is 27.9 Å². The number of nitriles is 1. The molecule has 0 saturated heterocycles. The molecular weight excluding hydrogens is 362 g/mol. The minimum atomic E-state index is -0.658. The third-order valence-corrected chi connectivity index (χ3v) is 4.40. The van der Waals surface area contributed by atoms with Crippen LogP contribution in [-0.2, 0) is 9.53 Å². The third-order valence-electron chi connectivity index (χ3n) is 3.62. The molecule has 134 valence electrons. The lowest BCUT2D eigenvalue weighted by Gasteiger charge is -2.08. The monoisotopic (exact) mass is 377 g/mol. The van der Waals surface area contributed by atoms with Gasteiger partial charge >= 0.3 is 5.97 Å². The predicted molar refractivity (Wildman–Crippen MR) is 102 cm³/mol. The number of rotatable bonds is 5. The summed E-state index contributed by atoms with van der Waals surface area (Å²) in [5.74, 6) is -1.11. The Bertz CT molecular complexity index is 1040. The van der Waals surface area contributed by atoms with Crippen molar-refractivity contribution < 1.29 is 14.3 Å². The second-order valence-corrected chi connectivity index (χ2v) is 6.71. The molecule has 0 fully saturated rings. The maximum Gasteiger partial charge on any atom is 0.338 e. The van der Waals surface area contributed by atoms with Gasteiger partial charge in [0, 0.05) is 16.6 Å². The van der Waals surface area contributed by atoms with E-state index in [9.17, 15) is 9.59 Å². The molecule has 0 aliphatic rings. The van der Waals surface area contributed by atoms with Gasteiger partial charge in [-0.15, -0.1) is 11.3 Å². The molecular formula is C20H15N3O3S. The molecule has 0 aliphatic carbocycles. The van der Waals surface area contributed by atoms with E-state index in [2.05, 4.69) is 10.3 Å². The molecule has 3 rings (SSSR count). The average molecular weight is 377 g/mol. The van der Waals surface area contributed by atoms with E-state index in [1.54, 1.807) is 29.5 Å². The van der Waals surface area contributed by atoms with E-state index < -0.39 is 18.5 Å². The summed E-state index contributed by atoms with van der Waals surface area (Å²) in [6.07, 6.45) is 0. The van der Waals surface area contributed by atoms with Crippen LogP contribution in [0.15, 0.2) is 53.9 Å². The number of aromatic nitrogens is 1. The number of amides is 1. The lowest BCUT2D eigenvalue weighted by Crippen LogP contribution is -2.21. The van der Waals surface area contributed by atoms with Gasteiger partial charge in [0.1, 0.15) is 0 Å². The van der Waals surface area contributed by atoms with Gasteiger partial charge in [0.2, 0.25) is 0 Å². The first-order valence-electron chi connectivity index (χ1n) is 8.05. The summed E-state index contributed by atoms with van der Waals surface area (Å²) in [6, 6.07) is 15.3. The van der Waals surface area contributed by atoms with E-state index in [1.807, 2.05) is 36.6 Å². The van der Waals surface area contributed by atoms with Gasteiger partial charge < -0.3 is 10.1 Å². The number of esters is 1. The van der Waals surface area contributed by atoms with Crippen molar-refractivity contribution in [2.75, 3.05) is 11.9 Å². The molecule has 0 aliphatic heterocycles. The number of carbonyl (C=O) groups is 2. The summed E-state index contributed by atoms with van der Waals surface area (Å²) in [5.41, 5.74) is 2.90. The first-order chi connectivity index (χ1) is 13.0. The molecule has 0 spiro atoms. The number of carbonyl (C=O) groups excluding carboxylic acids is 2. The maximum atomic E-state index is 12.1. The van der Waals surface area contributed by atoms with Crippen molar-refractivity contribution in [1.29, 1.82) is 5.26 Å². The molecule has 1 amide bonds. The lowest BCUT2D eigenvalue weighted by molar-refractivity contribution is -0.119. The topological polar surface area (TPSA) is 92.1 Å². The first kappa shape index (κ1) is 18.3. The fourth-order valence-corrected chi connectivity index (χ4v) is 3.00. The smallest absolute Gasteiger partial charge is 0.338 e. The number of nitrogens with one attached hydrogen (secondary N) is 1. The normalized spacial score (nSPS) is 10.1. The van der Waals surface area contributed by atoms with Crippen LogP contribution < -0.4 is 5.32 Å². The number of aryl methyl sites for hydroxylation is 1. The van der Waals surface area contributed by atoms with E-state index in [0.29, 0.717) is 11.3 Å². The fraction of sp³-hybridized carbons (Fsp3) is 0.100. The van der Waals surface area contributed by atoms with Crippen molar-refractivity contribution in [3.8, 4) is 17.3 Å². The van der Waals surface area contributed by atoms with Gasteiger partial charge in [0.25, 0.3) is 5.91 Å². The molecule has 0 radical (unpaired) electrons. The molecule has 1 heterocycles.